The number of carbonyl (C=O) groups excluding carboxylic acids is 1. The maximum Gasteiger partial charge on any atom is 0.271 e. The van der Waals surface area contributed by atoms with Gasteiger partial charge in [-0.3, -0.25) is 14.2 Å². The average molecular weight is 526 g/mol. The van der Waals surface area contributed by atoms with E-state index in [2.05, 4.69) is 5.32 Å². The van der Waals surface area contributed by atoms with Crippen molar-refractivity contribution in [1.29, 1.82) is 0 Å². The predicted molar refractivity (Wildman–Crippen MR) is 149 cm³/mol. The molecule has 5 rings (SSSR count). The Morgan fingerprint density at radius 1 is 1.03 bits per heavy atom. The average Bonchev–Trinajstić information content (AvgIpc) is 3.23. The SMILES string of the molecule is CCOc1ccc(/C=c2/sc3n(c2=O)[C@@H](c2ccc(OC)cc2)C(C(=O)Nc2ccccc2)=C(C)N=3)cc1. The van der Waals surface area contributed by atoms with Gasteiger partial charge in [0.05, 0.1) is 35.6 Å². The minimum absolute atomic E-state index is 0.207. The second-order valence-corrected chi connectivity index (χ2v) is 9.69. The molecule has 4 aromatic rings. The van der Waals surface area contributed by atoms with Crippen LogP contribution in [0.5, 0.6) is 11.5 Å². The maximum atomic E-state index is 13.8. The number of carbonyl (C=O) groups is 1. The monoisotopic (exact) mass is 525 g/mol. The Balaban J connectivity index is 1.63. The Hall–Kier alpha value is -4.43. The van der Waals surface area contributed by atoms with Crippen LogP contribution in [0.3, 0.4) is 0 Å². The van der Waals surface area contributed by atoms with Gasteiger partial charge >= 0.3 is 0 Å². The molecule has 8 heteroatoms. The molecule has 0 saturated heterocycles. The van der Waals surface area contributed by atoms with E-state index in [9.17, 15) is 9.59 Å². The number of allylic oxidation sites excluding steroid dienone is 1. The van der Waals surface area contributed by atoms with E-state index < -0.39 is 6.04 Å². The predicted octanol–water partition coefficient (Wildman–Crippen LogP) is 4.28. The van der Waals surface area contributed by atoms with E-state index in [0.29, 0.717) is 38.6 Å². The van der Waals surface area contributed by atoms with Crippen molar-refractivity contribution >= 4 is 29.0 Å². The lowest BCUT2D eigenvalue weighted by molar-refractivity contribution is -0.113. The van der Waals surface area contributed by atoms with Crippen molar-refractivity contribution in [3.05, 3.63) is 121 Å². The molecule has 192 valence electrons. The topological polar surface area (TPSA) is 81.9 Å². The number of nitrogens with zero attached hydrogens (tertiary/aromatic N) is 2. The van der Waals surface area contributed by atoms with Gasteiger partial charge in [0.25, 0.3) is 11.5 Å². The largest absolute Gasteiger partial charge is 0.497 e. The lowest BCUT2D eigenvalue weighted by atomic mass is 9.95. The summed E-state index contributed by atoms with van der Waals surface area (Å²) in [5.74, 6) is 1.15. The number of hydrogen-bond acceptors (Lipinski definition) is 6. The summed E-state index contributed by atoms with van der Waals surface area (Å²) < 4.78 is 13.0. The summed E-state index contributed by atoms with van der Waals surface area (Å²) in [5.41, 5.74) is 3.09. The van der Waals surface area contributed by atoms with Crippen molar-refractivity contribution in [3.63, 3.8) is 0 Å². The van der Waals surface area contributed by atoms with Crippen LogP contribution >= 0.6 is 11.3 Å². The molecule has 7 nitrogen and oxygen atoms in total. The zero-order valence-electron chi connectivity index (χ0n) is 21.3. The zero-order chi connectivity index (χ0) is 26.6. The Labute approximate surface area is 224 Å². The van der Waals surface area contributed by atoms with Gasteiger partial charge in [-0.15, -0.1) is 0 Å². The second kappa shape index (κ2) is 10.9. The fourth-order valence-corrected chi connectivity index (χ4v) is 5.46. The fourth-order valence-electron chi connectivity index (χ4n) is 4.41. The normalized spacial score (nSPS) is 15.0. The van der Waals surface area contributed by atoms with Crippen LogP contribution in [0.1, 0.15) is 31.0 Å². The molecule has 0 radical (unpaired) electrons. The summed E-state index contributed by atoms with van der Waals surface area (Å²) in [6, 6.07) is 23.6. The van der Waals surface area contributed by atoms with Gasteiger partial charge in [0.15, 0.2) is 4.80 Å². The molecular formula is C30H27N3O4S. The number of amides is 1. The number of fused-ring (bicyclic) bond motifs is 1. The van der Waals surface area contributed by atoms with Crippen LogP contribution in [0, 0.1) is 0 Å². The van der Waals surface area contributed by atoms with E-state index in [-0.39, 0.29) is 11.5 Å². The highest BCUT2D eigenvalue weighted by atomic mass is 32.1. The number of para-hydroxylation sites is 1. The van der Waals surface area contributed by atoms with Crippen LogP contribution in [0.25, 0.3) is 6.08 Å². The molecule has 0 aliphatic carbocycles. The molecule has 0 unspecified atom stereocenters. The van der Waals surface area contributed by atoms with Crippen LogP contribution in [-0.2, 0) is 4.79 Å². The maximum absolute atomic E-state index is 13.8. The molecule has 1 N–H and O–H groups in total. The molecule has 2 heterocycles. The number of methoxy groups -OCH3 is 1. The van der Waals surface area contributed by atoms with E-state index in [1.807, 2.05) is 91.9 Å². The number of hydrogen-bond donors (Lipinski definition) is 1. The number of anilines is 1. The first-order valence-electron chi connectivity index (χ1n) is 12.2. The lowest BCUT2D eigenvalue weighted by Crippen LogP contribution is -2.40. The van der Waals surface area contributed by atoms with Gasteiger partial charge in [-0.1, -0.05) is 53.8 Å². The lowest BCUT2D eigenvalue weighted by Gasteiger charge is -2.25. The molecular weight excluding hydrogens is 498 g/mol. The first-order chi connectivity index (χ1) is 18.5. The number of aromatic nitrogens is 1. The Morgan fingerprint density at radius 2 is 1.71 bits per heavy atom. The van der Waals surface area contributed by atoms with E-state index >= 15 is 0 Å². The molecule has 0 spiro atoms. The van der Waals surface area contributed by atoms with Crippen molar-refractivity contribution in [3.8, 4) is 11.5 Å². The highest BCUT2D eigenvalue weighted by Gasteiger charge is 2.32. The molecule has 0 fully saturated rings. The van der Waals surface area contributed by atoms with Crippen LogP contribution < -0.4 is 29.7 Å². The Morgan fingerprint density at radius 3 is 2.37 bits per heavy atom. The molecule has 1 aliphatic heterocycles. The summed E-state index contributed by atoms with van der Waals surface area (Å²) in [4.78, 5) is 32.6. The van der Waals surface area contributed by atoms with Crippen molar-refractivity contribution in [2.24, 2.45) is 4.99 Å². The van der Waals surface area contributed by atoms with Crippen LogP contribution in [-0.4, -0.2) is 24.2 Å². The van der Waals surface area contributed by atoms with E-state index in [1.165, 1.54) is 11.3 Å². The molecule has 1 aliphatic rings. The van der Waals surface area contributed by atoms with Gasteiger partial charge in [-0.25, -0.2) is 4.99 Å². The smallest absolute Gasteiger partial charge is 0.271 e. The van der Waals surface area contributed by atoms with Crippen molar-refractivity contribution in [1.82, 2.24) is 4.57 Å². The van der Waals surface area contributed by atoms with Crippen LogP contribution in [0.15, 0.2) is 99.9 Å². The van der Waals surface area contributed by atoms with Gasteiger partial charge in [-0.2, -0.15) is 0 Å². The van der Waals surface area contributed by atoms with Gasteiger partial charge in [0.2, 0.25) is 0 Å². The number of rotatable bonds is 7. The molecule has 0 bridgehead atoms. The molecule has 3 aromatic carbocycles. The van der Waals surface area contributed by atoms with Crippen molar-refractivity contribution < 1.29 is 14.3 Å². The first kappa shape index (κ1) is 25.2. The molecule has 0 saturated carbocycles. The summed E-state index contributed by atoms with van der Waals surface area (Å²) in [7, 11) is 1.60. The molecule has 38 heavy (non-hydrogen) atoms. The van der Waals surface area contributed by atoms with Crippen molar-refractivity contribution in [2.45, 2.75) is 19.9 Å². The minimum Gasteiger partial charge on any atom is -0.497 e. The van der Waals surface area contributed by atoms with E-state index in [1.54, 1.807) is 18.6 Å². The summed E-state index contributed by atoms with van der Waals surface area (Å²) in [6.45, 7) is 4.33. The standard InChI is InChI=1S/C30H27N3O4S/c1-4-37-24-14-10-20(11-15-24)18-25-29(35)33-27(21-12-16-23(36-3)17-13-21)26(19(2)31-30(33)38-25)28(34)32-22-8-6-5-7-9-22/h5-18,27H,4H2,1-3H3,(H,32,34)/b25-18+/t27-/m0/s1. The zero-order valence-corrected chi connectivity index (χ0v) is 22.1. The van der Waals surface area contributed by atoms with Crippen LogP contribution in [0.2, 0.25) is 0 Å². The summed E-state index contributed by atoms with van der Waals surface area (Å²) in [5, 5.41) is 2.96. The number of thiazole rings is 1. The Bertz CT molecular complexity index is 1670. The molecule has 1 amide bonds. The quantitative estimate of drug-likeness (QED) is 0.391. The third-order valence-corrected chi connectivity index (χ3v) is 7.20. The summed E-state index contributed by atoms with van der Waals surface area (Å²) in [6.07, 6.45) is 1.84. The highest BCUT2D eigenvalue weighted by Crippen LogP contribution is 2.31. The fraction of sp³-hybridized carbons (Fsp3) is 0.167. The van der Waals surface area contributed by atoms with Crippen molar-refractivity contribution in [2.75, 3.05) is 19.0 Å². The van der Waals surface area contributed by atoms with Gasteiger partial charge < -0.3 is 14.8 Å². The number of benzene rings is 3. The highest BCUT2D eigenvalue weighted by molar-refractivity contribution is 7.07. The second-order valence-electron chi connectivity index (χ2n) is 8.68. The summed E-state index contributed by atoms with van der Waals surface area (Å²) >= 11 is 1.31. The Kier molecular flexibility index (Phi) is 7.24. The van der Waals surface area contributed by atoms with Gasteiger partial charge in [0.1, 0.15) is 11.5 Å². The third kappa shape index (κ3) is 5.03. The number of nitrogens with one attached hydrogen (secondary N) is 1. The van der Waals surface area contributed by atoms with E-state index in [4.69, 9.17) is 14.5 Å². The minimum atomic E-state index is -0.650. The van der Waals surface area contributed by atoms with Gasteiger partial charge in [0, 0.05) is 5.69 Å². The third-order valence-electron chi connectivity index (χ3n) is 6.22. The van der Waals surface area contributed by atoms with E-state index in [0.717, 1.165) is 16.9 Å². The first-order valence-corrected chi connectivity index (χ1v) is 13.1. The molecule has 1 atom stereocenters. The van der Waals surface area contributed by atoms with Crippen LogP contribution in [0.4, 0.5) is 5.69 Å². The molecule has 1 aromatic heterocycles. The van der Waals surface area contributed by atoms with Gasteiger partial charge in [-0.05, 0) is 67.4 Å². The number of ether oxygens (including phenoxy) is 2.